The second-order valence-corrected chi connectivity index (χ2v) is 11.9. The molecule has 0 saturated carbocycles. The number of hydrogen-bond donors (Lipinski definition) is 2. The number of likely N-dealkylation sites (tertiary alicyclic amines) is 1. The molecule has 0 aliphatic carbocycles. The smallest absolute Gasteiger partial charge is 0.278 e. The Labute approximate surface area is 243 Å². The molecule has 0 atom stereocenters. The molecule has 3 N–H and O–H groups in total. The highest BCUT2D eigenvalue weighted by Crippen LogP contribution is 2.30. The maximum absolute atomic E-state index is 15.1. The van der Waals surface area contributed by atoms with Gasteiger partial charge in [0.15, 0.2) is 11.5 Å². The highest BCUT2D eigenvalue weighted by atomic mass is 35.5. The predicted molar refractivity (Wildman–Crippen MR) is 153 cm³/mol. The minimum absolute atomic E-state index is 0. The summed E-state index contributed by atoms with van der Waals surface area (Å²) < 4.78 is 56.9. The topological polar surface area (TPSA) is 134 Å². The predicted octanol–water partition coefficient (Wildman–Crippen LogP) is 3.89. The number of nitrogen functional groups attached to an aromatic ring is 1. The van der Waals surface area contributed by atoms with Gasteiger partial charge in [0, 0.05) is 24.8 Å². The van der Waals surface area contributed by atoms with E-state index in [1.54, 1.807) is 6.20 Å². The summed E-state index contributed by atoms with van der Waals surface area (Å²) in [6.07, 6.45) is 9.69. The molecule has 0 spiro atoms. The molecule has 2 aliphatic rings. The number of carbonyl (C=O) groups excluding carboxylic acids is 1. The van der Waals surface area contributed by atoms with E-state index in [2.05, 4.69) is 25.2 Å². The lowest BCUT2D eigenvalue weighted by atomic mass is 10.1. The van der Waals surface area contributed by atoms with Crippen molar-refractivity contribution in [1.29, 1.82) is 0 Å². The molecule has 10 nitrogen and oxygen atoms in total. The normalized spacial score (nSPS) is 16.0. The van der Waals surface area contributed by atoms with E-state index in [-0.39, 0.29) is 48.3 Å². The highest BCUT2D eigenvalue weighted by Gasteiger charge is 2.31. The van der Waals surface area contributed by atoms with Gasteiger partial charge in [-0.25, -0.2) is 27.2 Å². The van der Waals surface area contributed by atoms with Gasteiger partial charge in [-0.3, -0.25) is 9.78 Å². The number of hydrogen-bond acceptors (Lipinski definition) is 8. The molecule has 220 valence electrons. The third-order valence-corrected chi connectivity index (χ3v) is 9.19. The first-order chi connectivity index (χ1) is 19.2. The quantitative estimate of drug-likeness (QED) is 0.374. The first kappa shape index (κ1) is 30.7. The van der Waals surface area contributed by atoms with E-state index < -0.39 is 32.5 Å². The molecule has 5 rings (SSSR count). The summed E-state index contributed by atoms with van der Waals surface area (Å²) in [7, 11) is -4.18. The van der Waals surface area contributed by atoms with Gasteiger partial charge in [-0.1, -0.05) is 0 Å². The van der Waals surface area contributed by atoms with Crippen LogP contribution in [0.25, 0.3) is 11.3 Å². The van der Waals surface area contributed by atoms with Crippen molar-refractivity contribution in [3.05, 3.63) is 59.7 Å². The minimum Gasteiger partial charge on any atom is -0.382 e. The summed E-state index contributed by atoms with van der Waals surface area (Å²) in [5.41, 5.74) is 6.52. The van der Waals surface area contributed by atoms with Crippen LogP contribution in [-0.4, -0.2) is 71.2 Å². The maximum atomic E-state index is 15.1. The van der Waals surface area contributed by atoms with Gasteiger partial charge in [-0.15, -0.1) is 12.4 Å². The summed E-state index contributed by atoms with van der Waals surface area (Å²) in [6.45, 7) is 3.69. The van der Waals surface area contributed by atoms with Gasteiger partial charge in [0.1, 0.15) is 16.5 Å². The lowest BCUT2D eigenvalue weighted by Gasteiger charge is -2.17. The fourth-order valence-electron chi connectivity index (χ4n) is 5.12. The molecular formula is C27H32ClF2N7O3S. The number of rotatable bonds is 9. The van der Waals surface area contributed by atoms with Crippen molar-refractivity contribution in [2.45, 2.75) is 43.4 Å². The fourth-order valence-corrected chi connectivity index (χ4v) is 6.69. The summed E-state index contributed by atoms with van der Waals surface area (Å²) in [4.78, 5) is 27.1. The average Bonchev–Trinajstić information content (AvgIpc) is 3.66. The number of anilines is 2. The van der Waals surface area contributed by atoms with Crippen LogP contribution in [0.2, 0.25) is 0 Å². The Balaban J connectivity index is 0.00000387. The second kappa shape index (κ2) is 13.1. The average molecular weight is 608 g/mol. The maximum Gasteiger partial charge on any atom is 0.278 e. The van der Waals surface area contributed by atoms with Gasteiger partial charge in [0.05, 0.1) is 23.8 Å². The van der Waals surface area contributed by atoms with Crippen LogP contribution in [0.4, 0.5) is 20.3 Å². The van der Waals surface area contributed by atoms with Crippen molar-refractivity contribution in [1.82, 2.24) is 24.2 Å². The zero-order chi connectivity index (χ0) is 28.3. The van der Waals surface area contributed by atoms with Crippen LogP contribution < -0.4 is 11.1 Å². The van der Waals surface area contributed by atoms with Gasteiger partial charge in [-0.2, -0.15) is 4.31 Å². The Morgan fingerprint density at radius 1 is 1.02 bits per heavy atom. The Hall–Kier alpha value is -3.26. The van der Waals surface area contributed by atoms with Gasteiger partial charge in [-0.05, 0) is 81.9 Å². The zero-order valence-corrected chi connectivity index (χ0v) is 24.0. The van der Waals surface area contributed by atoms with E-state index in [9.17, 15) is 13.2 Å². The number of benzene rings is 1. The number of amides is 1. The first-order valence-electron chi connectivity index (χ1n) is 13.3. The molecule has 2 saturated heterocycles. The molecule has 1 aromatic carbocycles. The summed E-state index contributed by atoms with van der Waals surface area (Å²) in [5.74, 6) is -3.02. The van der Waals surface area contributed by atoms with Gasteiger partial charge in [0.2, 0.25) is 10.0 Å². The molecule has 0 unspecified atom stereocenters. The van der Waals surface area contributed by atoms with E-state index in [4.69, 9.17) is 5.73 Å². The minimum atomic E-state index is -4.18. The van der Waals surface area contributed by atoms with Crippen molar-refractivity contribution >= 4 is 39.8 Å². The number of halogens is 3. The van der Waals surface area contributed by atoms with Crippen LogP contribution in [0.15, 0.2) is 41.7 Å². The van der Waals surface area contributed by atoms with Crippen LogP contribution in [0, 0.1) is 11.6 Å². The van der Waals surface area contributed by atoms with Crippen LogP contribution in [0.3, 0.4) is 0 Å². The Bertz CT molecular complexity index is 1510. The lowest BCUT2D eigenvalue weighted by Crippen LogP contribution is -2.28. The molecule has 1 amide bonds. The highest BCUT2D eigenvalue weighted by molar-refractivity contribution is 7.89. The van der Waals surface area contributed by atoms with Gasteiger partial charge in [0.25, 0.3) is 5.91 Å². The van der Waals surface area contributed by atoms with Crippen molar-refractivity contribution in [3.8, 4) is 11.3 Å². The molecular weight excluding hydrogens is 576 g/mol. The molecule has 0 radical (unpaired) electrons. The van der Waals surface area contributed by atoms with E-state index in [1.807, 2.05) is 6.07 Å². The number of pyridine rings is 1. The second-order valence-electron chi connectivity index (χ2n) is 10.0. The molecule has 2 aromatic heterocycles. The van der Waals surface area contributed by atoms with Gasteiger partial charge < -0.3 is 16.0 Å². The molecule has 0 bridgehead atoms. The Morgan fingerprint density at radius 2 is 1.73 bits per heavy atom. The van der Waals surface area contributed by atoms with Crippen LogP contribution >= 0.6 is 12.4 Å². The number of carbonyl (C=O) groups is 1. The number of nitrogens with two attached hydrogens (primary N) is 1. The monoisotopic (exact) mass is 607 g/mol. The standard InChI is InChI=1S/C27H31F2N7O3S.ClH/c28-20-15-24(40(38,39)36-12-3-4-13-36)21(29)14-19(20)23-17-32-26(30)25(33-23)27(37)34-22-16-31-8-7-18(22)6-5-11-35-9-1-2-10-35;/h7-8,14-17H,1-6,9-13H2,(H2,30,32)(H,34,37);1H. The number of aryl methyl sites for hydroxylation is 1. The molecule has 2 aliphatic heterocycles. The lowest BCUT2D eigenvalue weighted by molar-refractivity contribution is 0.102. The summed E-state index contributed by atoms with van der Waals surface area (Å²) in [6, 6.07) is 3.22. The Kier molecular flexibility index (Phi) is 9.84. The largest absolute Gasteiger partial charge is 0.382 e. The van der Waals surface area contributed by atoms with Crippen molar-refractivity contribution in [3.63, 3.8) is 0 Å². The fraction of sp³-hybridized carbons (Fsp3) is 0.407. The van der Waals surface area contributed by atoms with Crippen molar-refractivity contribution in [2.24, 2.45) is 0 Å². The molecule has 3 aromatic rings. The number of sulfonamides is 1. The third-order valence-electron chi connectivity index (χ3n) is 7.27. The van der Waals surface area contributed by atoms with E-state index >= 15 is 8.78 Å². The van der Waals surface area contributed by atoms with Gasteiger partial charge >= 0.3 is 0 Å². The Morgan fingerprint density at radius 3 is 2.46 bits per heavy atom. The summed E-state index contributed by atoms with van der Waals surface area (Å²) in [5, 5.41) is 2.76. The summed E-state index contributed by atoms with van der Waals surface area (Å²) >= 11 is 0. The van der Waals surface area contributed by atoms with Crippen molar-refractivity contribution in [2.75, 3.05) is 43.8 Å². The van der Waals surface area contributed by atoms with E-state index in [1.165, 1.54) is 19.0 Å². The first-order valence-corrected chi connectivity index (χ1v) is 14.8. The molecule has 2 fully saturated rings. The number of nitrogens with one attached hydrogen (secondary N) is 1. The van der Waals surface area contributed by atoms with E-state index in [0.29, 0.717) is 24.6 Å². The number of aromatic nitrogens is 3. The molecule has 41 heavy (non-hydrogen) atoms. The molecule has 14 heteroatoms. The van der Waals surface area contributed by atoms with Crippen LogP contribution in [-0.2, 0) is 16.4 Å². The zero-order valence-electron chi connectivity index (χ0n) is 22.4. The third kappa shape index (κ3) is 6.80. The van der Waals surface area contributed by atoms with Crippen LogP contribution in [0.1, 0.15) is 48.2 Å². The van der Waals surface area contributed by atoms with E-state index in [0.717, 1.165) is 54.6 Å². The SMILES string of the molecule is Cl.Nc1ncc(-c2cc(F)c(S(=O)(=O)N3CCCC3)cc2F)nc1C(=O)Nc1cnccc1CCCN1CCCC1. The van der Waals surface area contributed by atoms with Crippen LogP contribution in [0.5, 0.6) is 0 Å². The molecule has 4 heterocycles. The van der Waals surface area contributed by atoms with Crippen molar-refractivity contribution < 1.29 is 22.0 Å². The number of nitrogens with zero attached hydrogens (tertiary/aromatic N) is 5.